The Morgan fingerprint density at radius 1 is 1.10 bits per heavy atom. The van der Waals surface area contributed by atoms with Gasteiger partial charge in [-0.15, -0.1) is 0 Å². The van der Waals surface area contributed by atoms with E-state index in [0.29, 0.717) is 29.9 Å². The summed E-state index contributed by atoms with van der Waals surface area (Å²) >= 11 is 6.16. The van der Waals surface area contributed by atoms with Crippen LogP contribution in [-0.2, 0) is 0 Å². The van der Waals surface area contributed by atoms with Crippen LogP contribution in [0.25, 0.3) is 0 Å². The van der Waals surface area contributed by atoms with Gasteiger partial charge in [0.05, 0.1) is 5.56 Å². The Bertz CT molecular complexity index is 619. The summed E-state index contributed by atoms with van der Waals surface area (Å²) in [5, 5.41) is 0.0262. The van der Waals surface area contributed by atoms with Gasteiger partial charge in [0, 0.05) is 44.1 Å². The normalized spacial score (nSPS) is 20.4. The first-order chi connectivity index (χ1) is 9.59. The summed E-state index contributed by atoms with van der Waals surface area (Å²) < 4.78 is 0. The van der Waals surface area contributed by atoms with Crippen LogP contribution in [0.15, 0.2) is 29.2 Å². The molecule has 5 nitrogen and oxygen atoms in total. The monoisotopic (exact) mass is 291 g/mol. The topological polar surface area (TPSA) is 53.5 Å². The van der Waals surface area contributed by atoms with Crippen molar-refractivity contribution in [1.29, 1.82) is 0 Å². The van der Waals surface area contributed by atoms with Crippen LogP contribution in [0.2, 0.25) is 0 Å². The van der Waals surface area contributed by atoms with Crippen molar-refractivity contribution in [3.05, 3.63) is 40.3 Å². The lowest BCUT2D eigenvalue weighted by Gasteiger charge is -2.36. The van der Waals surface area contributed by atoms with Crippen molar-refractivity contribution in [2.24, 2.45) is 0 Å². The van der Waals surface area contributed by atoms with Crippen LogP contribution in [0.3, 0.4) is 0 Å². The van der Waals surface area contributed by atoms with Gasteiger partial charge in [-0.2, -0.15) is 0 Å². The number of piperazine rings is 1. The number of carbonyl (C=O) groups is 2. The fourth-order valence-electron chi connectivity index (χ4n) is 2.54. The third-order valence-electron chi connectivity index (χ3n) is 3.75. The number of allylic oxidation sites excluding steroid dienone is 2. The highest BCUT2D eigenvalue weighted by molar-refractivity contribution is 6.49. The van der Waals surface area contributed by atoms with Gasteiger partial charge in [0.15, 0.2) is 0 Å². The Labute approximate surface area is 121 Å². The first kappa shape index (κ1) is 13.3. The average Bonchev–Trinajstić information content (AvgIpc) is 2.47. The average molecular weight is 292 g/mol. The molecule has 104 valence electrons. The van der Waals surface area contributed by atoms with Gasteiger partial charge < -0.3 is 9.80 Å². The van der Waals surface area contributed by atoms with Gasteiger partial charge in [0.2, 0.25) is 11.6 Å². The van der Waals surface area contributed by atoms with Crippen LogP contribution in [0.5, 0.6) is 0 Å². The Hall–Kier alpha value is -1.72. The van der Waals surface area contributed by atoms with Crippen molar-refractivity contribution >= 4 is 23.2 Å². The summed E-state index contributed by atoms with van der Waals surface area (Å²) in [6, 6.07) is 1.54. The highest BCUT2D eigenvalue weighted by atomic mass is 35.5. The van der Waals surface area contributed by atoms with Crippen molar-refractivity contribution < 1.29 is 9.59 Å². The summed E-state index contributed by atoms with van der Waals surface area (Å²) in [6.07, 6.45) is 2.93. The number of likely N-dealkylation sites (N-methyl/N-ethyl adjacent to an activating group) is 1. The molecule has 2 heterocycles. The van der Waals surface area contributed by atoms with Crippen molar-refractivity contribution in [2.45, 2.75) is 0 Å². The number of halogens is 1. The highest BCUT2D eigenvalue weighted by Gasteiger charge is 2.35. The first-order valence-corrected chi connectivity index (χ1v) is 6.84. The molecular formula is C14H14ClN3O2. The number of fused-ring (bicyclic) bond motifs is 1. The van der Waals surface area contributed by atoms with E-state index in [1.54, 1.807) is 6.07 Å². The number of nitrogens with zero attached hydrogens (tertiary/aromatic N) is 3. The minimum atomic E-state index is -0.294. The summed E-state index contributed by atoms with van der Waals surface area (Å²) in [4.78, 5) is 32.8. The van der Waals surface area contributed by atoms with Gasteiger partial charge in [-0.1, -0.05) is 11.6 Å². The van der Waals surface area contributed by atoms with Crippen molar-refractivity contribution in [1.82, 2.24) is 14.8 Å². The minimum absolute atomic E-state index is 0.0262. The molecule has 0 radical (unpaired) electrons. The Kier molecular flexibility index (Phi) is 3.31. The number of carbonyl (C=O) groups excluding carboxylic acids is 2. The first-order valence-electron chi connectivity index (χ1n) is 6.46. The zero-order chi connectivity index (χ0) is 14.3. The largest absolute Gasteiger partial charge is 0.364 e. The quantitative estimate of drug-likeness (QED) is 0.777. The molecule has 2 aliphatic rings. The van der Waals surface area contributed by atoms with Crippen LogP contribution in [0, 0.1) is 0 Å². The molecule has 0 N–H and O–H groups in total. The lowest BCUT2D eigenvalue weighted by molar-refractivity contribution is 0.0922. The second-order valence-corrected chi connectivity index (χ2v) is 5.41. The summed E-state index contributed by atoms with van der Waals surface area (Å²) in [6.45, 7) is 3.07. The number of pyridine rings is 1. The molecule has 1 fully saturated rings. The molecule has 1 aliphatic heterocycles. The van der Waals surface area contributed by atoms with Crippen LogP contribution in [0.1, 0.15) is 20.7 Å². The zero-order valence-electron chi connectivity index (χ0n) is 11.1. The Balaban J connectivity index is 2.01. The smallest absolute Gasteiger partial charge is 0.213 e. The van der Waals surface area contributed by atoms with Crippen molar-refractivity contribution in [3.63, 3.8) is 0 Å². The maximum atomic E-state index is 12.6. The van der Waals surface area contributed by atoms with E-state index < -0.39 is 0 Å². The molecule has 0 bridgehead atoms. The standard InChI is InChI=1S/C14H14ClN3O2/c1-17-4-6-18(7-5-17)12-11(15)13(19)9-2-3-16-8-10(9)14(12)20/h2-3,8H,4-7H2,1H3. The molecule has 0 atom stereocenters. The third kappa shape index (κ3) is 2.03. The molecule has 0 spiro atoms. The number of ketones is 2. The molecule has 1 aliphatic carbocycles. The molecular weight excluding hydrogens is 278 g/mol. The molecule has 3 rings (SSSR count). The number of Topliss-reactive ketones (excluding diaryl/α,β-unsaturated/α-hetero) is 2. The van der Waals surface area contributed by atoms with Gasteiger partial charge in [-0.05, 0) is 13.1 Å². The van der Waals surface area contributed by atoms with Crippen LogP contribution < -0.4 is 0 Å². The molecule has 1 aromatic heterocycles. The maximum Gasteiger partial charge on any atom is 0.213 e. The number of hydrogen-bond acceptors (Lipinski definition) is 5. The van der Waals surface area contributed by atoms with E-state index in [1.807, 2.05) is 11.9 Å². The van der Waals surface area contributed by atoms with Gasteiger partial charge in [-0.3, -0.25) is 14.6 Å². The van der Waals surface area contributed by atoms with Crippen LogP contribution in [0.4, 0.5) is 0 Å². The minimum Gasteiger partial charge on any atom is -0.364 e. The van der Waals surface area contributed by atoms with E-state index >= 15 is 0 Å². The SMILES string of the molecule is CN1CCN(C2=C(Cl)C(=O)c3ccncc3C2=O)CC1. The molecule has 1 saturated heterocycles. The van der Waals surface area contributed by atoms with E-state index in [2.05, 4.69) is 9.88 Å². The van der Waals surface area contributed by atoms with Crippen LogP contribution >= 0.6 is 11.6 Å². The molecule has 0 saturated carbocycles. The van der Waals surface area contributed by atoms with Gasteiger partial charge in [-0.25, -0.2) is 0 Å². The number of hydrogen-bond donors (Lipinski definition) is 0. The van der Waals surface area contributed by atoms with Crippen molar-refractivity contribution in [2.75, 3.05) is 33.2 Å². The van der Waals surface area contributed by atoms with E-state index in [1.165, 1.54) is 12.4 Å². The fraction of sp³-hybridized carbons (Fsp3) is 0.357. The summed E-state index contributed by atoms with van der Waals surface area (Å²) in [5.41, 5.74) is 1.01. The van der Waals surface area contributed by atoms with E-state index in [-0.39, 0.29) is 16.6 Å². The molecule has 0 amide bonds. The number of rotatable bonds is 1. The summed E-state index contributed by atoms with van der Waals surface area (Å²) in [7, 11) is 2.03. The van der Waals surface area contributed by atoms with E-state index in [0.717, 1.165) is 13.1 Å². The fourth-order valence-corrected chi connectivity index (χ4v) is 2.85. The molecule has 0 aromatic carbocycles. The van der Waals surface area contributed by atoms with Gasteiger partial charge in [0.1, 0.15) is 10.7 Å². The van der Waals surface area contributed by atoms with Crippen LogP contribution in [-0.4, -0.2) is 59.6 Å². The predicted octanol–water partition coefficient (Wildman–Crippen LogP) is 1.16. The molecule has 6 heteroatoms. The lowest BCUT2D eigenvalue weighted by Crippen LogP contribution is -2.46. The van der Waals surface area contributed by atoms with E-state index in [4.69, 9.17) is 11.6 Å². The third-order valence-corrected chi connectivity index (χ3v) is 4.10. The van der Waals surface area contributed by atoms with Crippen molar-refractivity contribution in [3.8, 4) is 0 Å². The van der Waals surface area contributed by atoms with Gasteiger partial charge >= 0.3 is 0 Å². The second-order valence-electron chi connectivity index (χ2n) is 5.03. The highest BCUT2D eigenvalue weighted by Crippen LogP contribution is 2.30. The second kappa shape index (κ2) is 5.00. The maximum absolute atomic E-state index is 12.6. The van der Waals surface area contributed by atoms with E-state index in [9.17, 15) is 9.59 Å². The molecule has 1 aromatic rings. The lowest BCUT2D eigenvalue weighted by atomic mass is 9.93. The Morgan fingerprint density at radius 3 is 2.50 bits per heavy atom. The zero-order valence-corrected chi connectivity index (χ0v) is 11.9. The predicted molar refractivity (Wildman–Crippen MR) is 74.8 cm³/mol. The van der Waals surface area contributed by atoms with Gasteiger partial charge in [0.25, 0.3) is 0 Å². The molecule has 0 unspecified atom stereocenters. The Morgan fingerprint density at radius 2 is 1.80 bits per heavy atom. The molecule has 20 heavy (non-hydrogen) atoms. The number of aromatic nitrogens is 1. The summed E-state index contributed by atoms with van der Waals surface area (Å²) in [5.74, 6) is -0.500.